The van der Waals surface area contributed by atoms with Crippen LogP contribution in [0.2, 0.25) is 0 Å². The number of carbonyl (C=O) groups excluding carboxylic acids is 1. The third kappa shape index (κ3) is 3.76. The fourth-order valence-electron chi connectivity index (χ4n) is 3.60. The molecule has 0 radical (unpaired) electrons. The maximum absolute atomic E-state index is 12.5. The molecule has 1 aliphatic rings. The van der Waals surface area contributed by atoms with E-state index in [0.29, 0.717) is 32.5 Å². The van der Waals surface area contributed by atoms with E-state index in [1.165, 1.54) is 4.31 Å². The number of hydrogen-bond acceptors (Lipinski definition) is 4. The largest absolute Gasteiger partial charge is 0.353 e. The maximum Gasteiger partial charge on any atom is 0.238 e. The van der Waals surface area contributed by atoms with Crippen LogP contribution >= 0.6 is 0 Å². The van der Waals surface area contributed by atoms with Crippen molar-refractivity contribution in [2.45, 2.75) is 45.7 Å². The van der Waals surface area contributed by atoms with Gasteiger partial charge in [0.05, 0.1) is 16.8 Å². The third-order valence-corrected chi connectivity index (χ3v) is 6.88. The van der Waals surface area contributed by atoms with Crippen LogP contribution in [0.1, 0.15) is 32.0 Å². The molecule has 1 amide bonds. The fraction of sp³-hybridized carbons (Fsp3) is 0.556. The van der Waals surface area contributed by atoms with Gasteiger partial charge in [-0.05, 0) is 38.3 Å². The van der Waals surface area contributed by atoms with Crippen molar-refractivity contribution in [3.8, 4) is 0 Å². The number of carbonyl (C=O) groups is 1. The Bertz CT molecular complexity index is 891. The molecule has 8 heteroatoms. The van der Waals surface area contributed by atoms with Gasteiger partial charge in [0.25, 0.3) is 0 Å². The number of fused-ring (bicyclic) bond motifs is 1. The molecule has 142 valence electrons. The first-order valence-electron chi connectivity index (χ1n) is 9.13. The first kappa shape index (κ1) is 18.8. The summed E-state index contributed by atoms with van der Waals surface area (Å²) >= 11 is 0. The molecule has 1 fully saturated rings. The number of benzene rings is 1. The van der Waals surface area contributed by atoms with Crippen molar-refractivity contribution in [3.63, 3.8) is 0 Å². The summed E-state index contributed by atoms with van der Waals surface area (Å²) < 4.78 is 28.1. The molecule has 0 spiro atoms. The lowest BCUT2D eigenvalue weighted by atomic mass is 10.2. The average Bonchev–Trinajstić information content (AvgIpc) is 3.20. The molecule has 1 aromatic heterocycles. The Hall–Kier alpha value is -1.93. The molecule has 7 nitrogen and oxygen atoms in total. The van der Waals surface area contributed by atoms with E-state index >= 15 is 0 Å². The van der Waals surface area contributed by atoms with Crippen LogP contribution in [-0.4, -0.2) is 53.1 Å². The van der Waals surface area contributed by atoms with Gasteiger partial charge >= 0.3 is 0 Å². The van der Waals surface area contributed by atoms with Crippen molar-refractivity contribution in [1.29, 1.82) is 0 Å². The molecule has 3 rings (SSSR count). The Kier molecular flexibility index (Phi) is 5.62. The number of hydrogen-bond donors (Lipinski definition) is 1. The Morgan fingerprint density at radius 2 is 2.12 bits per heavy atom. The van der Waals surface area contributed by atoms with Crippen LogP contribution in [0, 0.1) is 6.92 Å². The molecule has 0 saturated carbocycles. The second kappa shape index (κ2) is 7.75. The fourth-order valence-corrected chi connectivity index (χ4v) is 5.34. The summed E-state index contributed by atoms with van der Waals surface area (Å²) in [6.45, 7) is 5.26. The molecule has 1 unspecified atom stereocenters. The van der Waals surface area contributed by atoms with E-state index in [1.54, 1.807) is 0 Å². The highest BCUT2D eigenvalue weighted by molar-refractivity contribution is 7.89. The van der Waals surface area contributed by atoms with Gasteiger partial charge in [0.1, 0.15) is 11.9 Å². The number of nitrogens with one attached hydrogen (secondary N) is 1. The van der Waals surface area contributed by atoms with Crippen molar-refractivity contribution in [2.75, 3.05) is 18.8 Å². The lowest BCUT2D eigenvalue weighted by Crippen LogP contribution is -2.47. The molecule has 0 aliphatic carbocycles. The van der Waals surface area contributed by atoms with Crippen LogP contribution in [-0.2, 0) is 21.4 Å². The Morgan fingerprint density at radius 1 is 1.35 bits per heavy atom. The van der Waals surface area contributed by atoms with E-state index < -0.39 is 16.1 Å². The van der Waals surface area contributed by atoms with Gasteiger partial charge in [-0.15, -0.1) is 0 Å². The molecular formula is C18H26N4O3S. The standard InChI is InChI=1S/C18H26N4O3S/c1-3-13-26(24,25)22-11-6-9-17(22)18(23)19-10-12-21-14(2)20-15-7-4-5-8-16(15)21/h4-5,7-8,17H,3,6,9-13H2,1-2H3,(H,19,23). The molecule has 1 aliphatic heterocycles. The molecular weight excluding hydrogens is 352 g/mol. The summed E-state index contributed by atoms with van der Waals surface area (Å²) in [4.78, 5) is 17.1. The average molecular weight is 378 g/mol. The van der Waals surface area contributed by atoms with Crippen molar-refractivity contribution in [1.82, 2.24) is 19.2 Å². The molecule has 26 heavy (non-hydrogen) atoms. The minimum Gasteiger partial charge on any atom is -0.353 e. The number of sulfonamides is 1. The number of imidazole rings is 1. The van der Waals surface area contributed by atoms with Gasteiger partial charge in [-0.25, -0.2) is 13.4 Å². The normalized spacial score (nSPS) is 18.5. The number of aryl methyl sites for hydroxylation is 1. The minimum atomic E-state index is -3.35. The SMILES string of the molecule is CCCS(=O)(=O)N1CCCC1C(=O)NCCn1c(C)nc2ccccc21. The van der Waals surface area contributed by atoms with Gasteiger partial charge in [-0.2, -0.15) is 4.31 Å². The topological polar surface area (TPSA) is 84.3 Å². The van der Waals surface area contributed by atoms with E-state index in [1.807, 2.05) is 38.1 Å². The lowest BCUT2D eigenvalue weighted by Gasteiger charge is -2.23. The number of rotatable bonds is 7. The highest BCUT2D eigenvalue weighted by Crippen LogP contribution is 2.22. The second-order valence-corrected chi connectivity index (χ2v) is 8.72. The van der Waals surface area contributed by atoms with E-state index in [9.17, 15) is 13.2 Å². The van der Waals surface area contributed by atoms with Crippen LogP contribution < -0.4 is 5.32 Å². The first-order chi connectivity index (χ1) is 12.4. The zero-order chi connectivity index (χ0) is 18.7. The Morgan fingerprint density at radius 3 is 2.88 bits per heavy atom. The first-order valence-corrected chi connectivity index (χ1v) is 10.7. The maximum atomic E-state index is 12.5. The molecule has 2 heterocycles. The number of amides is 1. The van der Waals surface area contributed by atoms with Gasteiger partial charge in [0.15, 0.2) is 0 Å². The van der Waals surface area contributed by atoms with Crippen LogP contribution in [0.5, 0.6) is 0 Å². The number of aromatic nitrogens is 2. The van der Waals surface area contributed by atoms with Crippen molar-refractivity contribution in [3.05, 3.63) is 30.1 Å². The van der Waals surface area contributed by atoms with Crippen LogP contribution in [0.4, 0.5) is 0 Å². The van der Waals surface area contributed by atoms with Crippen LogP contribution in [0.25, 0.3) is 11.0 Å². The summed E-state index contributed by atoms with van der Waals surface area (Å²) in [6.07, 6.45) is 1.87. The number of para-hydroxylation sites is 2. The summed E-state index contributed by atoms with van der Waals surface area (Å²) in [5.41, 5.74) is 1.97. The summed E-state index contributed by atoms with van der Waals surface area (Å²) in [5, 5.41) is 2.91. The van der Waals surface area contributed by atoms with Crippen LogP contribution in [0.3, 0.4) is 0 Å². The van der Waals surface area contributed by atoms with Gasteiger partial charge in [-0.3, -0.25) is 4.79 Å². The Balaban J connectivity index is 1.62. The molecule has 1 N–H and O–H groups in total. The molecule has 0 bridgehead atoms. The third-order valence-electron chi connectivity index (χ3n) is 4.81. The predicted octanol–water partition coefficient (Wildman–Crippen LogP) is 1.67. The second-order valence-electron chi connectivity index (χ2n) is 6.68. The van der Waals surface area contributed by atoms with Crippen molar-refractivity contribution in [2.24, 2.45) is 0 Å². The number of nitrogens with zero attached hydrogens (tertiary/aromatic N) is 3. The van der Waals surface area contributed by atoms with Crippen LogP contribution in [0.15, 0.2) is 24.3 Å². The lowest BCUT2D eigenvalue weighted by molar-refractivity contribution is -0.124. The summed E-state index contributed by atoms with van der Waals surface area (Å²) in [5.74, 6) is 0.787. The van der Waals surface area contributed by atoms with Gasteiger partial charge in [0, 0.05) is 19.6 Å². The summed E-state index contributed by atoms with van der Waals surface area (Å²) in [7, 11) is -3.35. The zero-order valence-corrected chi connectivity index (χ0v) is 16.1. The predicted molar refractivity (Wildman–Crippen MR) is 101 cm³/mol. The monoisotopic (exact) mass is 378 g/mol. The molecule has 1 atom stereocenters. The minimum absolute atomic E-state index is 0.0942. The van der Waals surface area contributed by atoms with E-state index in [0.717, 1.165) is 23.3 Å². The van der Waals surface area contributed by atoms with Gasteiger partial charge in [0.2, 0.25) is 15.9 Å². The van der Waals surface area contributed by atoms with Crippen molar-refractivity contribution < 1.29 is 13.2 Å². The van der Waals surface area contributed by atoms with Gasteiger partial charge < -0.3 is 9.88 Å². The smallest absolute Gasteiger partial charge is 0.238 e. The van der Waals surface area contributed by atoms with Crippen molar-refractivity contribution >= 4 is 27.0 Å². The zero-order valence-electron chi connectivity index (χ0n) is 15.3. The highest BCUT2D eigenvalue weighted by Gasteiger charge is 2.37. The van der Waals surface area contributed by atoms with E-state index in [-0.39, 0.29) is 11.7 Å². The highest BCUT2D eigenvalue weighted by atomic mass is 32.2. The quantitative estimate of drug-likeness (QED) is 0.794. The molecule has 1 aromatic carbocycles. The molecule has 2 aromatic rings. The molecule has 1 saturated heterocycles. The summed E-state index contributed by atoms with van der Waals surface area (Å²) in [6, 6.07) is 7.31. The van der Waals surface area contributed by atoms with E-state index in [2.05, 4.69) is 14.9 Å². The van der Waals surface area contributed by atoms with Gasteiger partial charge in [-0.1, -0.05) is 19.1 Å². The Labute approximate surface area is 154 Å². The van der Waals surface area contributed by atoms with E-state index in [4.69, 9.17) is 0 Å².